The SMILES string of the molecule is CC(Cl)CCN(C)CCn1ccccc1=O. The van der Waals surface area contributed by atoms with Gasteiger partial charge in [-0.2, -0.15) is 0 Å². The third-order valence-electron chi connectivity index (χ3n) is 2.53. The predicted molar refractivity (Wildman–Crippen MR) is 68.1 cm³/mol. The fourth-order valence-electron chi connectivity index (χ4n) is 1.43. The Morgan fingerprint density at radius 1 is 1.44 bits per heavy atom. The Bertz CT molecular complexity index is 362. The van der Waals surface area contributed by atoms with Gasteiger partial charge in [0.15, 0.2) is 0 Å². The Labute approximate surface area is 102 Å². The summed E-state index contributed by atoms with van der Waals surface area (Å²) in [6, 6.07) is 5.22. The summed E-state index contributed by atoms with van der Waals surface area (Å²) in [5, 5.41) is 0.210. The van der Waals surface area contributed by atoms with Gasteiger partial charge in [0.1, 0.15) is 0 Å². The molecule has 1 atom stereocenters. The second-order valence-electron chi connectivity index (χ2n) is 4.10. The number of aromatic nitrogens is 1. The van der Waals surface area contributed by atoms with Gasteiger partial charge in [0, 0.05) is 30.7 Å². The Morgan fingerprint density at radius 3 is 2.81 bits per heavy atom. The van der Waals surface area contributed by atoms with E-state index >= 15 is 0 Å². The van der Waals surface area contributed by atoms with E-state index in [1.54, 1.807) is 16.7 Å². The van der Waals surface area contributed by atoms with Crippen LogP contribution in [0.15, 0.2) is 29.2 Å². The number of likely N-dealkylation sites (N-methyl/N-ethyl adjacent to an activating group) is 1. The maximum absolute atomic E-state index is 11.4. The van der Waals surface area contributed by atoms with Crippen molar-refractivity contribution in [1.29, 1.82) is 0 Å². The van der Waals surface area contributed by atoms with Gasteiger partial charge in [0.25, 0.3) is 5.56 Å². The van der Waals surface area contributed by atoms with E-state index in [0.717, 1.165) is 26.1 Å². The monoisotopic (exact) mass is 242 g/mol. The molecule has 0 aromatic carbocycles. The van der Waals surface area contributed by atoms with Crippen LogP contribution in [0.3, 0.4) is 0 Å². The van der Waals surface area contributed by atoms with E-state index in [9.17, 15) is 4.79 Å². The van der Waals surface area contributed by atoms with Crippen LogP contribution in [0.2, 0.25) is 0 Å². The van der Waals surface area contributed by atoms with Gasteiger partial charge >= 0.3 is 0 Å². The molecule has 0 saturated heterocycles. The Balaban J connectivity index is 2.34. The van der Waals surface area contributed by atoms with Crippen LogP contribution in [0.5, 0.6) is 0 Å². The first-order chi connectivity index (χ1) is 7.59. The van der Waals surface area contributed by atoms with E-state index < -0.39 is 0 Å². The van der Waals surface area contributed by atoms with Gasteiger partial charge in [-0.05, 0) is 33.0 Å². The standard InChI is InChI=1S/C12H19ClN2O/c1-11(13)6-8-14(2)9-10-15-7-4-3-5-12(15)16/h3-5,7,11H,6,8-10H2,1-2H3. The van der Waals surface area contributed by atoms with E-state index in [2.05, 4.69) is 4.90 Å². The van der Waals surface area contributed by atoms with Crippen molar-refractivity contribution in [2.24, 2.45) is 0 Å². The topological polar surface area (TPSA) is 25.2 Å². The number of rotatable bonds is 6. The number of nitrogens with zero attached hydrogens (tertiary/aromatic N) is 2. The van der Waals surface area contributed by atoms with E-state index in [4.69, 9.17) is 11.6 Å². The lowest BCUT2D eigenvalue weighted by molar-refractivity contribution is 0.312. The van der Waals surface area contributed by atoms with Gasteiger partial charge in [0.05, 0.1) is 0 Å². The van der Waals surface area contributed by atoms with Crippen molar-refractivity contribution in [2.75, 3.05) is 20.1 Å². The van der Waals surface area contributed by atoms with Gasteiger partial charge < -0.3 is 9.47 Å². The van der Waals surface area contributed by atoms with Crippen molar-refractivity contribution >= 4 is 11.6 Å². The van der Waals surface area contributed by atoms with Crippen molar-refractivity contribution in [3.05, 3.63) is 34.7 Å². The fourth-order valence-corrected chi connectivity index (χ4v) is 1.53. The number of alkyl halides is 1. The minimum Gasteiger partial charge on any atom is -0.314 e. The highest BCUT2D eigenvalue weighted by molar-refractivity contribution is 6.20. The second-order valence-corrected chi connectivity index (χ2v) is 4.85. The van der Waals surface area contributed by atoms with Crippen LogP contribution in [0.4, 0.5) is 0 Å². The average Bonchev–Trinajstić information content (AvgIpc) is 2.25. The molecule has 90 valence electrons. The molecule has 0 aliphatic rings. The lowest BCUT2D eigenvalue weighted by Gasteiger charge is -2.17. The summed E-state index contributed by atoms with van der Waals surface area (Å²) in [6.07, 6.45) is 2.79. The number of hydrogen-bond donors (Lipinski definition) is 0. The van der Waals surface area contributed by atoms with E-state index in [1.807, 2.05) is 26.2 Å². The van der Waals surface area contributed by atoms with E-state index in [0.29, 0.717) is 0 Å². The molecular formula is C12H19ClN2O. The van der Waals surface area contributed by atoms with Crippen LogP contribution in [0, 0.1) is 0 Å². The van der Waals surface area contributed by atoms with Crippen molar-refractivity contribution in [3.8, 4) is 0 Å². The van der Waals surface area contributed by atoms with Crippen LogP contribution in [-0.4, -0.2) is 35.0 Å². The van der Waals surface area contributed by atoms with Crippen molar-refractivity contribution in [2.45, 2.75) is 25.3 Å². The first kappa shape index (κ1) is 13.3. The summed E-state index contributed by atoms with van der Waals surface area (Å²) in [5.74, 6) is 0. The Kier molecular flexibility index (Phi) is 5.56. The molecule has 1 heterocycles. The van der Waals surface area contributed by atoms with Crippen LogP contribution in [-0.2, 0) is 6.54 Å². The zero-order chi connectivity index (χ0) is 12.0. The highest BCUT2D eigenvalue weighted by atomic mass is 35.5. The molecule has 0 spiro atoms. The van der Waals surface area contributed by atoms with Gasteiger partial charge in [-0.1, -0.05) is 6.07 Å². The minimum atomic E-state index is 0.0570. The van der Waals surface area contributed by atoms with Gasteiger partial charge in [-0.25, -0.2) is 0 Å². The summed E-state index contributed by atoms with van der Waals surface area (Å²) in [4.78, 5) is 13.6. The summed E-state index contributed by atoms with van der Waals surface area (Å²) >= 11 is 5.88. The average molecular weight is 243 g/mol. The molecule has 4 heteroatoms. The molecule has 0 radical (unpaired) electrons. The first-order valence-electron chi connectivity index (χ1n) is 5.57. The van der Waals surface area contributed by atoms with Gasteiger partial charge in [-0.15, -0.1) is 11.6 Å². The molecule has 1 rings (SSSR count). The molecule has 0 saturated carbocycles. The molecule has 0 fully saturated rings. The number of hydrogen-bond acceptors (Lipinski definition) is 2. The predicted octanol–water partition coefficient (Wildman–Crippen LogP) is 1.80. The zero-order valence-corrected chi connectivity index (χ0v) is 10.7. The number of halogens is 1. The molecule has 0 bridgehead atoms. The molecule has 1 unspecified atom stereocenters. The third kappa shape index (κ3) is 4.81. The van der Waals surface area contributed by atoms with Gasteiger partial charge in [0.2, 0.25) is 0 Å². The largest absolute Gasteiger partial charge is 0.314 e. The molecule has 3 nitrogen and oxygen atoms in total. The number of pyridine rings is 1. The fraction of sp³-hybridized carbons (Fsp3) is 0.583. The summed E-state index contributed by atoms with van der Waals surface area (Å²) in [7, 11) is 2.05. The van der Waals surface area contributed by atoms with Crippen molar-refractivity contribution < 1.29 is 0 Å². The first-order valence-corrected chi connectivity index (χ1v) is 6.01. The molecule has 1 aromatic rings. The van der Waals surface area contributed by atoms with Crippen LogP contribution < -0.4 is 5.56 Å². The second kappa shape index (κ2) is 6.71. The molecule has 0 aliphatic carbocycles. The minimum absolute atomic E-state index is 0.0570. The molecule has 0 amide bonds. The zero-order valence-electron chi connectivity index (χ0n) is 9.90. The third-order valence-corrected chi connectivity index (χ3v) is 2.75. The molecule has 16 heavy (non-hydrogen) atoms. The van der Waals surface area contributed by atoms with Crippen LogP contribution in [0.25, 0.3) is 0 Å². The van der Waals surface area contributed by atoms with E-state index in [-0.39, 0.29) is 10.9 Å². The normalized spacial score (nSPS) is 13.0. The summed E-state index contributed by atoms with van der Waals surface area (Å²) < 4.78 is 1.72. The Morgan fingerprint density at radius 2 is 2.19 bits per heavy atom. The lowest BCUT2D eigenvalue weighted by atomic mass is 10.3. The van der Waals surface area contributed by atoms with Crippen LogP contribution >= 0.6 is 11.6 Å². The van der Waals surface area contributed by atoms with Crippen LogP contribution in [0.1, 0.15) is 13.3 Å². The molecule has 0 N–H and O–H groups in total. The highest BCUT2D eigenvalue weighted by Gasteiger charge is 2.02. The lowest BCUT2D eigenvalue weighted by Crippen LogP contribution is -2.29. The van der Waals surface area contributed by atoms with E-state index in [1.165, 1.54) is 0 Å². The highest BCUT2D eigenvalue weighted by Crippen LogP contribution is 2.00. The van der Waals surface area contributed by atoms with Gasteiger partial charge in [-0.3, -0.25) is 4.79 Å². The molecule has 0 aliphatic heterocycles. The summed E-state index contributed by atoms with van der Waals surface area (Å²) in [5.41, 5.74) is 0.0570. The van der Waals surface area contributed by atoms with Crippen molar-refractivity contribution in [3.63, 3.8) is 0 Å². The summed E-state index contributed by atoms with van der Waals surface area (Å²) in [6.45, 7) is 4.56. The van der Waals surface area contributed by atoms with Crippen molar-refractivity contribution in [1.82, 2.24) is 9.47 Å². The quantitative estimate of drug-likeness (QED) is 0.711. The maximum Gasteiger partial charge on any atom is 0.250 e. The maximum atomic E-state index is 11.4. The Hall–Kier alpha value is -0.800. The molecule has 1 aromatic heterocycles. The molecular weight excluding hydrogens is 224 g/mol. The smallest absolute Gasteiger partial charge is 0.250 e.